The van der Waals surface area contributed by atoms with Crippen LogP contribution in [0.4, 0.5) is 5.69 Å². The summed E-state index contributed by atoms with van der Waals surface area (Å²) < 4.78 is 34.2. The molecule has 0 radical (unpaired) electrons. The Morgan fingerprint density at radius 1 is 1.18 bits per heavy atom. The minimum atomic E-state index is -3.67. The molecular formula is C22H32N6O4S. The fraction of sp³-hybridized carbons (Fsp3) is 0.545. The number of rotatable bonds is 8. The second-order valence-corrected chi connectivity index (χ2v) is 10.3. The average Bonchev–Trinajstić information content (AvgIpc) is 3.30. The van der Waals surface area contributed by atoms with Crippen molar-refractivity contribution in [2.45, 2.75) is 37.8 Å². The minimum Gasteiger partial charge on any atom is -0.493 e. The highest BCUT2D eigenvalue weighted by atomic mass is 32.2. The maximum absolute atomic E-state index is 13.4. The van der Waals surface area contributed by atoms with Crippen LogP contribution in [0.2, 0.25) is 0 Å². The lowest BCUT2D eigenvalue weighted by Gasteiger charge is -2.38. The summed E-state index contributed by atoms with van der Waals surface area (Å²) in [7, 11) is -1.69. The zero-order valence-corrected chi connectivity index (χ0v) is 20.2. The van der Waals surface area contributed by atoms with Crippen molar-refractivity contribution in [3.8, 4) is 5.75 Å². The summed E-state index contributed by atoms with van der Waals surface area (Å²) in [6.07, 6.45) is 2.95. The number of nitrogens with zero attached hydrogens (tertiary/aromatic N) is 4. The molecule has 0 saturated carbocycles. The Bertz CT molecular complexity index is 1090. The first-order chi connectivity index (χ1) is 15.9. The van der Waals surface area contributed by atoms with E-state index in [4.69, 9.17) is 4.74 Å². The quantitative estimate of drug-likeness (QED) is 0.598. The van der Waals surface area contributed by atoms with E-state index in [2.05, 4.69) is 27.3 Å². The molecule has 3 heterocycles. The van der Waals surface area contributed by atoms with Gasteiger partial charge in [0.15, 0.2) is 0 Å². The van der Waals surface area contributed by atoms with Crippen molar-refractivity contribution in [2.24, 2.45) is 0 Å². The van der Waals surface area contributed by atoms with Crippen molar-refractivity contribution in [1.82, 2.24) is 24.7 Å². The first-order valence-electron chi connectivity index (χ1n) is 11.4. The van der Waals surface area contributed by atoms with E-state index in [0.29, 0.717) is 62.0 Å². The van der Waals surface area contributed by atoms with Gasteiger partial charge in [-0.3, -0.25) is 9.89 Å². The first kappa shape index (κ1) is 23.5. The number of aromatic nitrogens is 2. The van der Waals surface area contributed by atoms with Crippen LogP contribution in [0.5, 0.6) is 5.75 Å². The summed E-state index contributed by atoms with van der Waals surface area (Å²) in [6.45, 7) is 7.35. The zero-order valence-electron chi connectivity index (χ0n) is 19.4. The van der Waals surface area contributed by atoms with Crippen molar-refractivity contribution >= 4 is 21.6 Å². The summed E-state index contributed by atoms with van der Waals surface area (Å²) in [5.74, 6) is 0.267. The van der Waals surface area contributed by atoms with Crippen molar-refractivity contribution in [3.63, 3.8) is 0 Å². The van der Waals surface area contributed by atoms with E-state index in [1.807, 2.05) is 18.9 Å². The molecule has 1 amide bonds. The Morgan fingerprint density at radius 3 is 2.64 bits per heavy atom. The molecule has 1 saturated heterocycles. The number of sulfonamides is 1. The smallest absolute Gasteiger partial charge is 0.273 e. The van der Waals surface area contributed by atoms with Gasteiger partial charge in [-0.2, -0.15) is 9.40 Å². The molecule has 1 atom stereocenters. The lowest BCUT2D eigenvalue weighted by atomic mass is 10.1. The van der Waals surface area contributed by atoms with Crippen LogP contribution in [-0.4, -0.2) is 80.1 Å². The molecule has 1 aromatic heterocycles. The molecule has 1 unspecified atom stereocenters. The molecule has 11 heteroatoms. The number of anilines is 1. The summed E-state index contributed by atoms with van der Waals surface area (Å²) in [6, 6.07) is 4.93. The van der Waals surface area contributed by atoms with Gasteiger partial charge >= 0.3 is 0 Å². The molecule has 2 aliphatic rings. The molecule has 0 aliphatic carbocycles. The number of benzene rings is 1. The number of fused-ring (bicyclic) bond motifs is 1. The Hall–Kier alpha value is -2.63. The molecule has 33 heavy (non-hydrogen) atoms. The van der Waals surface area contributed by atoms with Crippen molar-refractivity contribution in [2.75, 3.05) is 51.3 Å². The van der Waals surface area contributed by atoms with Gasteiger partial charge in [0.25, 0.3) is 5.91 Å². The monoisotopic (exact) mass is 476 g/mol. The van der Waals surface area contributed by atoms with E-state index in [1.54, 1.807) is 24.4 Å². The van der Waals surface area contributed by atoms with Crippen LogP contribution in [0, 0.1) is 0 Å². The normalized spacial score (nSPS) is 19.9. The second kappa shape index (κ2) is 9.70. The second-order valence-electron chi connectivity index (χ2n) is 8.39. The van der Waals surface area contributed by atoms with E-state index in [0.717, 1.165) is 12.8 Å². The average molecular weight is 477 g/mol. The van der Waals surface area contributed by atoms with E-state index in [1.165, 1.54) is 4.31 Å². The maximum Gasteiger partial charge on any atom is 0.273 e. The molecule has 0 spiro atoms. The molecule has 2 aliphatic heterocycles. The highest BCUT2D eigenvalue weighted by molar-refractivity contribution is 7.89. The van der Waals surface area contributed by atoms with E-state index in [9.17, 15) is 13.2 Å². The van der Waals surface area contributed by atoms with Gasteiger partial charge in [-0.25, -0.2) is 8.42 Å². The highest BCUT2D eigenvalue weighted by Crippen LogP contribution is 2.37. The van der Waals surface area contributed by atoms with Gasteiger partial charge in [0, 0.05) is 38.3 Å². The topological polar surface area (TPSA) is 111 Å². The lowest BCUT2D eigenvalue weighted by molar-refractivity contribution is 0.0920. The van der Waals surface area contributed by atoms with E-state index in [-0.39, 0.29) is 10.8 Å². The molecule has 10 nitrogen and oxygen atoms in total. The number of amides is 1. The third-order valence-electron chi connectivity index (χ3n) is 6.16. The number of aromatic amines is 1. The number of piperazine rings is 1. The Balaban J connectivity index is 1.76. The van der Waals surface area contributed by atoms with Crippen LogP contribution in [0.3, 0.4) is 0 Å². The van der Waals surface area contributed by atoms with Gasteiger partial charge in [0.1, 0.15) is 17.6 Å². The molecule has 180 valence electrons. The summed E-state index contributed by atoms with van der Waals surface area (Å²) in [5, 5.41) is 9.84. The van der Waals surface area contributed by atoms with Crippen molar-refractivity contribution in [1.29, 1.82) is 0 Å². The molecular weight excluding hydrogens is 444 g/mol. The Labute approximate surface area is 194 Å². The van der Waals surface area contributed by atoms with E-state index >= 15 is 0 Å². The number of likely N-dealkylation sites (N-methyl/N-ethyl adjacent to an activating group) is 1. The SMILES string of the molecule is CCCCN1c2cn[nH]c2C(=O)NC1c1cc(S(=O)(=O)N2CCN(C)CC2)ccc1OCC. The predicted octanol–water partition coefficient (Wildman–Crippen LogP) is 1.79. The molecule has 4 rings (SSSR count). The number of hydrogen-bond donors (Lipinski definition) is 2. The Morgan fingerprint density at radius 2 is 1.94 bits per heavy atom. The fourth-order valence-electron chi connectivity index (χ4n) is 4.27. The van der Waals surface area contributed by atoms with Gasteiger partial charge in [0.05, 0.1) is 23.4 Å². The van der Waals surface area contributed by atoms with Gasteiger partial charge in [-0.15, -0.1) is 0 Å². The first-order valence-corrected chi connectivity index (χ1v) is 12.9. The van der Waals surface area contributed by atoms with Crippen LogP contribution in [0.1, 0.15) is 48.9 Å². The number of ether oxygens (including phenoxy) is 1. The minimum absolute atomic E-state index is 0.202. The van der Waals surface area contributed by atoms with Gasteiger partial charge < -0.3 is 19.9 Å². The molecule has 2 N–H and O–H groups in total. The van der Waals surface area contributed by atoms with E-state index < -0.39 is 16.2 Å². The third kappa shape index (κ3) is 4.57. The summed E-state index contributed by atoms with van der Waals surface area (Å²) >= 11 is 0. The van der Waals surface area contributed by atoms with Crippen LogP contribution in [-0.2, 0) is 10.0 Å². The van der Waals surface area contributed by atoms with Crippen molar-refractivity contribution < 1.29 is 17.9 Å². The van der Waals surface area contributed by atoms with Gasteiger partial charge in [-0.05, 0) is 38.6 Å². The maximum atomic E-state index is 13.4. The lowest BCUT2D eigenvalue weighted by Crippen LogP contribution is -2.47. The molecule has 2 aromatic rings. The number of unbranched alkanes of at least 4 members (excludes halogenated alkanes) is 1. The molecule has 1 aromatic carbocycles. The van der Waals surface area contributed by atoms with Crippen molar-refractivity contribution in [3.05, 3.63) is 35.7 Å². The highest BCUT2D eigenvalue weighted by Gasteiger charge is 2.36. The largest absolute Gasteiger partial charge is 0.493 e. The predicted molar refractivity (Wildman–Crippen MR) is 125 cm³/mol. The number of H-pyrrole nitrogens is 1. The number of nitrogens with one attached hydrogen (secondary N) is 2. The standard InChI is InChI=1S/C22H32N6O4S/c1-4-6-9-28-18-15-23-25-20(18)22(29)24-21(28)17-14-16(7-8-19(17)32-5-2)33(30,31)27-12-10-26(3)11-13-27/h7-8,14-15,21H,4-6,9-13H2,1-3H3,(H,23,25)(H,24,29). The third-order valence-corrected chi connectivity index (χ3v) is 8.06. The van der Waals surface area contributed by atoms with Crippen LogP contribution in [0.25, 0.3) is 0 Å². The van der Waals surface area contributed by atoms with Gasteiger partial charge in [0.2, 0.25) is 10.0 Å². The Kier molecular flexibility index (Phi) is 6.91. The number of hydrogen-bond acceptors (Lipinski definition) is 7. The molecule has 0 bridgehead atoms. The summed E-state index contributed by atoms with van der Waals surface area (Å²) in [4.78, 5) is 17.2. The fourth-order valence-corrected chi connectivity index (χ4v) is 5.72. The molecule has 1 fully saturated rings. The van der Waals surface area contributed by atoms with Crippen LogP contribution < -0.4 is 15.0 Å². The van der Waals surface area contributed by atoms with Crippen LogP contribution >= 0.6 is 0 Å². The summed E-state index contributed by atoms with van der Waals surface area (Å²) in [5.41, 5.74) is 1.72. The number of carbonyl (C=O) groups is 1. The van der Waals surface area contributed by atoms with Crippen LogP contribution in [0.15, 0.2) is 29.3 Å². The van der Waals surface area contributed by atoms with Gasteiger partial charge in [-0.1, -0.05) is 13.3 Å². The zero-order chi connectivity index (χ0) is 23.6. The number of carbonyl (C=O) groups excluding carboxylic acids is 1.